The van der Waals surface area contributed by atoms with E-state index >= 15 is 0 Å². The SMILES string of the molecule is O=C1Nc2ccc(-c3cccnc3)cc2C12CC2c1ccc[nH]1. The van der Waals surface area contributed by atoms with Gasteiger partial charge < -0.3 is 10.3 Å². The topological polar surface area (TPSA) is 57.8 Å². The molecule has 1 saturated carbocycles. The minimum absolute atomic E-state index is 0.121. The van der Waals surface area contributed by atoms with E-state index < -0.39 is 5.41 Å². The molecule has 4 heteroatoms. The number of anilines is 1. The van der Waals surface area contributed by atoms with Crippen LogP contribution in [0.25, 0.3) is 11.1 Å². The molecule has 1 aliphatic heterocycles. The maximum atomic E-state index is 12.6. The maximum absolute atomic E-state index is 12.6. The molecule has 1 fully saturated rings. The predicted molar refractivity (Wildman–Crippen MR) is 88.1 cm³/mol. The number of hydrogen-bond donors (Lipinski definition) is 2. The lowest BCUT2D eigenvalue weighted by molar-refractivity contribution is -0.118. The largest absolute Gasteiger partial charge is 0.365 e. The minimum atomic E-state index is -0.404. The molecule has 2 aromatic heterocycles. The van der Waals surface area contributed by atoms with Crippen LogP contribution >= 0.6 is 0 Å². The number of benzene rings is 1. The summed E-state index contributed by atoms with van der Waals surface area (Å²) in [4.78, 5) is 20.1. The number of carbonyl (C=O) groups is 1. The number of rotatable bonds is 2. The van der Waals surface area contributed by atoms with Crippen molar-refractivity contribution < 1.29 is 4.79 Å². The van der Waals surface area contributed by atoms with Gasteiger partial charge in [0.05, 0.1) is 5.41 Å². The average Bonchev–Trinajstić information content (AvgIpc) is 2.98. The number of H-pyrrole nitrogens is 1. The van der Waals surface area contributed by atoms with Gasteiger partial charge in [0.15, 0.2) is 0 Å². The Hall–Kier alpha value is -2.88. The van der Waals surface area contributed by atoms with Crippen molar-refractivity contribution in [3.8, 4) is 11.1 Å². The summed E-state index contributed by atoms with van der Waals surface area (Å²) >= 11 is 0. The van der Waals surface area contributed by atoms with Crippen molar-refractivity contribution in [1.82, 2.24) is 9.97 Å². The Labute approximate surface area is 133 Å². The summed E-state index contributed by atoms with van der Waals surface area (Å²) in [5.41, 5.74) is 4.96. The summed E-state index contributed by atoms with van der Waals surface area (Å²) < 4.78 is 0. The number of aromatic amines is 1. The Morgan fingerprint density at radius 3 is 2.87 bits per heavy atom. The summed E-state index contributed by atoms with van der Waals surface area (Å²) in [5.74, 6) is 0.360. The van der Waals surface area contributed by atoms with Gasteiger partial charge in [0.1, 0.15) is 0 Å². The second kappa shape index (κ2) is 4.32. The van der Waals surface area contributed by atoms with Crippen molar-refractivity contribution in [1.29, 1.82) is 0 Å². The number of hydrogen-bond acceptors (Lipinski definition) is 2. The molecular weight excluding hydrogens is 286 g/mol. The third kappa shape index (κ3) is 1.66. The highest BCUT2D eigenvalue weighted by Gasteiger charge is 2.65. The second-order valence-corrected chi connectivity index (χ2v) is 6.31. The Morgan fingerprint density at radius 2 is 2.09 bits per heavy atom. The zero-order valence-electron chi connectivity index (χ0n) is 12.4. The first-order valence-corrected chi connectivity index (χ1v) is 7.79. The third-order valence-corrected chi connectivity index (χ3v) is 5.11. The van der Waals surface area contributed by atoms with Gasteiger partial charge in [-0.2, -0.15) is 0 Å². The first-order valence-electron chi connectivity index (χ1n) is 7.79. The van der Waals surface area contributed by atoms with Gasteiger partial charge in [-0.05, 0) is 53.4 Å². The number of pyridine rings is 1. The summed E-state index contributed by atoms with van der Waals surface area (Å²) in [6.45, 7) is 0. The van der Waals surface area contributed by atoms with E-state index in [0.717, 1.165) is 34.5 Å². The van der Waals surface area contributed by atoms with Gasteiger partial charge in [0.2, 0.25) is 5.91 Å². The van der Waals surface area contributed by atoms with E-state index in [-0.39, 0.29) is 11.8 Å². The summed E-state index contributed by atoms with van der Waals surface area (Å²) in [7, 11) is 0. The van der Waals surface area contributed by atoms with Crippen molar-refractivity contribution in [3.63, 3.8) is 0 Å². The Balaban J connectivity index is 1.62. The normalized spacial score (nSPS) is 24.5. The van der Waals surface area contributed by atoms with Gasteiger partial charge in [-0.15, -0.1) is 0 Å². The van der Waals surface area contributed by atoms with Crippen LogP contribution in [0.2, 0.25) is 0 Å². The van der Waals surface area contributed by atoms with Gasteiger partial charge in [-0.3, -0.25) is 9.78 Å². The molecule has 1 spiro atoms. The highest BCUT2D eigenvalue weighted by atomic mass is 16.2. The van der Waals surface area contributed by atoms with E-state index in [0.29, 0.717) is 0 Å². The molecule has 0 saturated heterocycles. The highest BCUT2D eigenvalue weighted by molar-refractivity contribution is 6.10. The molecular formula is C19H15N3O. The van der Waals surface area contributed by atoms with Crippen LogP contribution in [0, 0.1) is 0 Å². The van der Waals surface area contributed by atoms with Crippen LogP contribution < -0.4 is 5.32 Å². The molecule has 5 rings (SSSR count). The number of aromatic nitrogens is 2. The van der Waals surface area contributed by atoms with Crippen LogP contribution in [0.4, 0.5) is 5.69 Å². The van der Waals surface area contributed by atoms with Crippen LogP contribution in [0.5, 0.6) is 0 Å². The Bertz CT molecular complexity index is 902. The van der Waals surface area contributed by atoms with Gasteiger partial charge in [-0.1, -0.05) is 12.1 Å². The smallest absolute Gasteiger partial charge is 0.235 e. The lowest BCUT2D eigenvalue weighted by Gasteiger charge is -2.10. The lowest BCUT2D eigenvalue weighted by atomic mass is 9.91. The maximum Gasteiger partial charge on any atom is 0.235 e. The quantitative estimate of drug-likeness (QED) is 0.761. The zero-order chi connectivity index (χ0) is 15.4. The predicted octanol–water partition coefficient (Wildman–Crippen LogP) is 3.45. The molecule has 2 unspecified atom stereocenters. The zero-order valence-corrected chi connectivity index (χ0v) is 12.4. The highest BCUT2D eigenvalue weighted by Crippen LogP contribution is 2.64. The molecule has 2 atom stereocenters. The van der Waals surface area contributed by atoms with Crippen LogP contribution in [0.3, 0.4) is 0 Å². The fourth-order valence-corrected chi connectivity index (χ4v) is 3.84. The molecule has 1 aliphatic carbocycles. The third-order valence-electron chi connectivity index (χ3n) is 5.11. The van der Waals surface area contributed by atoms with Crippen LogP contribution in [0.1, 0.15) is 23.6 Å². The number of nitrogens with one attached hydrogen (secondary N) is 2. The van der Waals surface area contributed by atoms with Gasteiger partial charge in [-0.25, -0.2) is 0 Å². The number of nitrogens with zero attached hydrogens (tertiary/aromatic N) is 1. The van der Waals surface area contributed by atoms with Crippen molar-refractivity contribution in [2.24, 2.45) is 0 Å². The monoisotopic (exact) mass is 301 g/mol. The lowest BCUT2D eigenvalue weighted by Crippen LogP contribution is -2.21. The molecule has 1 amide bonds. The van der Waals surface area contributed by atoms with Crippen molar-refractivity contribution in [2.45, 2.75) is 17.8 Å². The first kappa shape index (κ1) is 12.6. The number of carbonyl (C=O) groups excluding carboxylic acids is 1. The van der Waals surface area contributed by atoms with Crippen molar-refractivity contribution >= 4 is 11.6 Å². The van der Waals surface area contributed by atoms with Crippen molar-refractivity contribution in [3.05, 3.63) is 72.3 Å². The molecule has 0 bridgehead atoms. The average molecular weight is 301 g/mol. The Morgan fingerprint density at radius 1 is 1.13 bits per heavy atom. The summed E-state index contributed by atoms with van der Waals surface area (Å²) in [6.07, 6.45) is 6.41. The van der Waals surface area contributed by atoms with E-state index in [1.165, 1.54) is 0 Å². The molecule has 4 nitrogen and oxygen atoms in total. The number of amides is 1. The van der Waals surface area contributed by atoms with Gasteiger partial charge in [0.25, 0.3) is 0 Å². The van der Waals surface area contributed by atoms with Crippen LogP contribution in [-0.4, -0.2) is 15.9 Å². The molecule has 23 heavy (non-hydrogen) atoms. The molecule has 3 aromatic rings. The molecule has 2 aliphatic rings. The second-order valence-electron chi connectivity index (χ2n) is 6.31. The van der Waals surface area contributed by atoms with E-state index in [9.17, 15) is 4.79 Å². The molecule has 112 valence electrons. The van der Waals surface area contributed by atoms with Crippen LogP contribution in [0.15, 0.2) is 61.1 Å². The molecule has 3 heterocycles. The Kier molecular flexibility index (Phi) is 2.37. The fraction of sp³-hybridized carbons (Fsp3) is 0.158. The minimum Gasteiger partial charge on any atom is -0.365 e. The molecule has 0 radical (unpaired) electrons. The van der Waals surface area contributed by atoms with Crippen molar-refractivity contribution in [2.75, 3.05) is 5.32 Å². The molecule has 1 aromatic carbocycles. The van der Waals surface area contributed by atoms with Gasteiger partial charge >= 0.3 is 0 Å². The molecule has 2 N–H and O–H groups in total. The fourth-order valence-electron chi connectivity index (χ4n) is 3.84. The summed E-state index contributed by atoms with van der Waals surface area (Å²) in [5, 5.41) is 3.05. The van der Waals surface area contributed by atoms with E-state index in [4.69, 9.17) is 0 Å². The number of fused-ring (bicyclic) bond motifs is 2. The van der Waals surface area contributed by atoms with E-state index in [1.54, 1.807) is 6.20 Å². The van der Waals surface area contributed by atoms with Crippen LogP contribution in [-0.2, 0) is 10.2 Å². The van der Waals surface area contributed by atoms with E-state index in [1.807, 2.05) is 42.7 Å². The van der Waals surface area contributed by atoms with Gasteiger partial charge in [0, 0.05) is 35.9 Å². The summed E-state index contributed by atoms with van der Waals surface area (Å²) in [6, 6.07) is 14.2. The first-order chi connectivity index (χ1) is 11.3. The standard InChI is InChI=1S/C19H15N3O/c23-18-19(10-15(19)16-4-2-8-21-16)14-9-12(5-6-17(14)22-18)13-3-1-7-20-11-13/h1-9,11,15,21H,10H2,(H,22,23). The van der Waals surface area contributed by atoms with E-state index in [2.05, 4.69) is 27.4 Å².